The fraction of sp³-hybridized carbons (Fsp3) is 0.333. The van der Waals surface area contributed by atoms with Gasteiger partial charge in [0.1, 0.15) is 5.84 Å². The van der Waals surface area contributed by atoms with Gasteiger partial charge in [0.25, 0.3) is 0 Å². The van der Waals surface area contributed by atoms with Gasteiger partial charge in [-0.1, -0.05) is 12.1 Å². The third-order valence-corrected chi connectivity index (χ3v) is 2.92. The average Bonchev–Trinajstić information content (AvgIpc) is 2.76. The maximum absolute atomic E-state index is 11.7. The summed E-state index contributed by atoms with van der Waals surface area (Å²) in [5, 5.41) is 0. The van der Waals surface area contributed by atoms with Crippen molar-refractivity contribution in [3.63, 3.8) is 0 Å². The molecule has 1 fully saturated rings. The number of carbonyl (C=O) groups is 1. The smallest absolute Gasteiger partial charge is 0.227 e. The number of amides is 1. The summed E-state index contributed by atoms with van der Waals surface area (Å²) in [7, 11) is 0. The van der Waals surface area contributed by atoms with Crippen molar-refractivity contribution < 1.29 is 4.79 Å². The number of hydrogen-bond acceptors (Lipinski definition) is 2. The van der Waals surface area contributed by atoms with Gasteiger partial charge in [0.05, 0.1) is 17.3 Å². The zero-order chi connectivity index (χ0) is 12.3. The van der Waals surface area contributed by atoms with E-state index < -0.39 is 0 Å². The molecule has 0 radical (unpaired) electrons. The molecular formula is C12H14ClN3O. The highest BCUT2D eigenvalue weighted by Crippen LogP contribution is 2.31. The predicted molar refractivity (Wildman–Crippen MR) is 70.0 cm³/mol. The van der Waals surface area contributed by atoms with Crippen LogP contribution in [0.2, 0.25) is 0 Å². The summed E-state index contributed by atoms with van der Waals surface area (Å²) in [4.78, 5) is 17.7. The monoisotopic (exact) mass is 251 g/mol. The number of para-hydroxylation sites is 2. The molecule has 1 aliphatic rings. The lowest BCUT2D eigenvalue weighted by Crippen LogP contribution is -2.24. The molecule has 1 saturated heterocycles. The number of hydrogen-bond donors (Lipinski definition) is 1. The predicted octanol–water partition coefficient (Wildman–Crippen LogP) is 2.04. The van der Waals surface area contributed by atoms with Crippen LogP contribution in [0.5, 0.6) is 0 Å². The highest BCUT2D eigenvalue weighted by molar-refractivity contribution is 6.28. The van der Waals surface area contributed by atoms with Crippen molar-refractivity contribution in [3.8, 4) is 0 Å². The van der Waals surface area contributed by atoms with Gasteiger partial charge in [-0.15, -0.1) is 11.6 Å². The second-order valence-electron chi connectivity index (χ2n) is 3.87. The van der Waals surface area contributed by atoms with Gasteiger partial charge in [0, 0.05) is 13.0 Å². The maximum Gasteiger partial charge on any atom is 0.227 e. The molecule has 17 heavy (non-hydrogen) atoms. The van der Waals surface area contributed by atoms with Crippen molar-refractivity contribution in [1.29, 1.82) is 0 Å². The average molecular weight is 252 g/mol. The van der Waals surface area contributed by atoms with Crippen LogP contribution in [-0.4, -0.2) is 24.2 Å². The normalized spacial score (nSPS) is 16.6. The van der Waals surface area contributed by atoms with Gasteiger partial charge in [-0.3, -0.25) is 4.79 Å². The van der Waals surface area contributed by atoms with Crippen LogP contribution < -0.4 is 10.6 Å². The summed E-state index contributed by atoms with van der Waals surface area (Å²) < 4.78 is 0. The number of alkyl halides is 1. The summed E-state index contributed by atoms with van der Waals surface area (Å²) in [5.74, 6) is 0.672. The second-order valence-corrected chi connectivity index (χ2v) is 4.14. The molecule has 0 atom stereocenters. The van der Waals surface area contributed by atoms with Gasteiger partial charge in [0.2, 0.25) is 5.91 Å². The van der Waals surface area contributed by atoms with Gasteiger partial charge >= 0.3 is 0 Å². The van der Waals surface area contributed by atoms with Crippen molar-refractivity contribution in [2.24, 2.45) is 10.7 Å². The fourth-order valence-electron chi connectivity index (χ4n) is 1.87. The van der Waals surface area contributed by atoms with E-state index in [1.54, 1.807) is 4.90 Å². The van der Waals surface area contributed by atoms with Gasteiger partial charge < -0.3 is 10.6 Å². The number of benzene rings is 1. The molecule has 1 aliphatic heterocycles. The Morgan fingerprint density at radius 1 is 1.47 bits per heavy atom. The van der Waals surface area contributed by atoms with Gasteiger partial charge in [0.15, 0.2) is 0 Å². The molecule has 0 spiro atoms. The van der Waals surface area contributed by atoms with E-state index in [2.05, 4.69) is 4.99 Å². The van der Waals surface area contributed by atoms with E-state index in [-0.39, 0.29) is 11.8 Å². The Balaban J connectivity index is 2.37. The van der Waals surface area contributed by atoms with E-state index >= 15 is 0 Å². The minimum atomic E-state index is 0.136. The number of nitrogens with two attached hydrogens (primary N) is 1. The second kappa shape index (κ2) is 5.19. The Morgan fingerprint density at radius 2 is 2.24 bits per heavy atom. The van der Waals surface area contributed by atoms with Crippen LogP contribution in [0.4, 0.5) is 11.4 Å². The molecule has 2 rings (SSSR count). The van der Waals surface area contributed by atoms with Crippen LogP contribution in [0.3, 0.4) is 0 Å². The Morgan fingerprint density at radius 3 is 2.88 bits per heavy atom. The fourth-order valence-corrected chi connectivity index (χ4v) is 1.93. The van der Waals surface area contributed by atoms with Crippen molar-refractivity contribution in [3.05, 3.63) is 24.3 Å². The Kier molecular flexibility index (Phi) is 3.64. The summed E-state index contributed by atoms with van der Waals surface area (Å²) in [5.41, 5.74) is 7.13. The summed E-state index contributed by atoms with van der Waals surface area (Å²) in [6, 6.07) is 7.46. The first-order valence-corrected chi connectivity index (χ1v) is 6.04. The zero-order valence-corrected chi connectivity index (χ0v) is 10.2. The molecule has 5 heteroatoms. The molecule has 0 bridgehead atoms. The highest BCUT2D eigenvalue weighted by Gasteiger charge is 2.23. The van der Waals surface area contributed by atoms with Crippen LogP contribution in [0.1, 0.15) is 12.8 Å². The lowest BCUT2D eigenvalue weighted by Gasteiger charge is -2.17. The van der Waals surface area contributed by atoms with Crippen LogP contribution in [-0.2, 0) is 4.79 Å². The highest BCUT2D eigenvalue weighted by atomic mass is 35.5. The number of halogens is 1. The summed E-state index contributed by atoms with van der Waals surface area (Å²) in [6.45, 7) is 0.742. The van der Waals surface area contributed by atoms with Crippen LogP contribution >= 0.6 is 11.6 Å². The largest absolute Gasteiger partial charge is 0.386 e. The molecule has 1 aromatic rings. The number of anilines is 1. The van der Waals surface area contributed by atoms with Crippen molar-refractivity contribution >= 4 is 34.7 Å². The number of nitrogens with zero attached hydrogens (tertiary/aromatic N) is 2. The molecule has 0 aliphatic carbocycles. The third kappa shape index (κ3) is 2.58. The molecule has 90 valence electrons. The van der Waals surface area contributed by atoms with E-state index in [9.17, 15) is 4.79 Å². The van der Waals surface area contributed by atoms with E-state index in [4.69, 9.17) is 17.3 Å². The number of aliphatic imine (C=N–C) groups is 1. The Hall–Kier alpha value is -1.55. The van der Waals surface area contributed by atoms with Crippen molar-refractivity contribution in [1.82, 2.24) is 0 Å². The van der Waals surface area contributed by atoms with Crippen LogP contribution in [0.25, 0.3) is 0 Å². The van der Waals surface area contributed by atoms with Gasteiger partial charge in [-0.2, -0.15) is 0 Å². The molecule has 0 aromatic heterocycles. The van der Waals surface area contributed by atoms with Crippen molar-refractivity contribution in [2.75, 3.05) is 17.3 Å². The first kappa shape index (κ1) is 11.9. The number of amidine groups is 1. The SMILES string of the molecule is NC(CCl)=Nc1ccccc1N1CCCC1=O. The van der Waals surface area contributed by atoms with E-state index in [1.807, 2.05) is 24.3 Å². The molecule has 2 N–H and O–H groups in total. The summed E-state index contributed by atoms with van der Waals surface area (Å²) >= 11 is 5.61. The minimum absolute atomic E-state index is 0.136. The zero-order valence-electron chi connectivity index (χ0n) is 9.40. The Bertz CT molecular complexity index is 459. The van der Waals surface area contributed by atoms with E-state index in [0.29, 0.717) is 17.9 Å². The van der Waals surface area contributed by atoms with Crippen LogP contribution in [0, 0.1) is 0 Å². The molecule has 4 nitrogen and oxygen atoms in total. The van der Waals surface area contributed by atoms with Crippen molar-refractivity contribution in [2.45, 2.75) is 12.8 Å². The molecule has 1 heterocycles. The minimum Gasteiger partial charge on any atom is -0.386 e. The molecule has 1 amide bonds. The molecule has 0 saturated carbocycles. The van der Waals surface area contributed by atoms with Crippen LogP contribution in [0.15, 0.2) is 29.3 Å². The van der Waals surface area contributed by atoms with Gasteiger partial charge in [-0.05, 0) is 18.6 Å². The lowest BCUT2D eigenvalue weighted by molar-refractivity contribution is -0.117. The number of rotatable bonds is 3. The maximum atomic E-state index is 11.7. The summed E-state index contributed by atoms with van der Waals surface area (Å²) in [6.07, 6.45) is 1.49. The molecular weight excluding hydrogens is 238 g/mol. The third-order valence-electron chi connectivity index (χ3n) is 2.65. The lowest BCUT2D eigenvalue weighted by atomic mass is 10.2. The Labute approximate surface area is 105 Å². The number of carbonyl (C=O) groups excluding carboxylic acids is 1. The standard InChI is InChI=1S/C12H14ClN3O/c13-8-11(14)15-9-4-1-2-5-10(9)16-7-3-6-12(16)17/h1-2,4-5H,3,6-8H2,(H2,14,15). The molecule has 0 unspecified atom stereocenters. The topological polar surface area (TPSA) is 58.7 Å². The van der Waals surface area contributed by atoms with Gasteiger partial charge in [-0.25, -0.2) is 4.99 Å². The quantitative estimate of drug-likeness (QED) is 0.508. The molecule has 1 aromatic carbocycles. The van der Waals surface area contributed by atoms with E-state index in [1.165, 1.54) is 0 Å². The first-order valence-electron chi connectivity index (χ1n) is 5.51. The first-order chi connectivity index (χ1) is 8.22. The van der Waals surface area contributed by atoms with E-state index in [0.717, 1.165) is 18.7 Å².